The van der Waals surface area contributed by atoms with E-state index in [1.807, 2.05) is 0 Å². The number of carboxylic acids is 1. The predicted molar refractivity (Wildman–Crippen MR) is 62.4 cm³/mol. The molecule has 94 valence electrons. The van der Waals surface area contributed by atoms with E-state index in [2.05, 4.69) is 17.2 Å². The summed E-state index contributed by atoms with van der Waals surface area (Å²) < 4.78 is 0. The molecule has 17 heavy (non-hydrogen) atoms. The molecule has 0 aliphatic carbocycles. The lowest BCUT2D eigenvalue weighted by molar-refractivity contribution is -0.142. The van der Waals surface area contributed by atoms with Gasteiger partial charge in [-0.25, -0.2) is 4.79 Å². The van der Waals surface area contributed by atoms with Crippen molar-refractivity contribution in [3.8, 4) is 0 Å². The first-order valence-electron chi connectivity index (χ1n) is 6.02. The van der Waals surface area contributed by atoms with Crippen molar-refractivity contribution in [2.45, 2.75) is 43.8 Å². The second-order valence-corrected chi connectivity index (χ2v) is 4.81. The van der Waals surface area contributed by atoms with Crippen molar-refractivity contribution in [3.63, 3.8) is 0 Å². The minimum absolute atomic E-state index is 0.0691. The number of carboxylic acid groups (broad SMARTS) is 1. The molecule has 0 aromatic heterocycles. The largest absolute Gasteiger partial charge is 0.480 e. The summed E-state index contributed by atoms with van der Waals surface area (Å²) in [6, 6.07) is -0.171. The molecular weight excluding hydrogens is 220 g/mol. The number of hydrogen-bond acceptors (Lipinski definition) is 3. The number of fused-ring (bicyclic) bond motifs is 2. The molecule has 2 heterocycles. The van der Waals surface area contributed by atoms with Crippen molar-refractivity contribution < 1.29 is 14.7 Å². The number of hydrogen-bond donors (Lipinski definition) is 3. The summed E-state index contributed by atoms with van der Waals surface area (Å²) in [6.45, 7) is 3.50. The normalized spacial score (nSPS) is 32.1. The third-order valence-electron chi connectivity index (χ3n) is 3.65. The molecule has 2 saturated heterocycles. The summed E-state index contributed by atoms with van der Waals surface area (Å²) >= 11 is 0. The van der Waals surface area contributed by atoms with Crippen LogP contribution in [0.25, 0.3) is 0 Å². The van der Waals surface area contributed by atoms with Gasteiger partial charge in [0.1, 0.15) is 6.04 Å². The molecule has 5 heteroatoms. The molecular formula is C12H18N2O3. The van der Waals surface area contributed by atoms with Crippen LogP contribution in [0, 0.1) is 5.92 Å². The molecule has 4 unspecified atom stereocenters. The topological polar surface area (TPSA) is 78.4 Å². The summed E-state index contributed by atoms with van der Waals surface area (Å²) in [4.78, 5) is 22.9. The molecule has 0 aromatic carbocycles. The van der Waals surface area contributed by atoms with Gasteiger partial charge in [-0.15, -0.1) is 6.58 Å². The third kappa shape index (κ3) is 2.49. The maximum Gasteiger partial charge on any atom is 0.326 e. The van der Waals surface area contributed by atoms with Gasteiger partial charge in [0, 0.05) is 12.1 Å². The van der Waals surface area contributed by atoms with E-state index in [-0.39, 0.29) is 24.3 Å². The smallest absolute Gasteiger partial charge is 0.326 e. The van der Waals surface area contributed by atoms with Crippen LogP contribution in [-0.2, 0) is 9.59 Å². The highest BCUT2D eigenvalue weighted by Gasteiger charge is 2.43. The first-order valence-corrected chi connectivity index (χ1v) is 6.02. The fraction of sp³-hybridized carbons (Fsp3) is 0.667. The van der Waals surface area contributed by atoms with Gasteiger partial charge in [-0.2, -0.15) is 0 Å². The van der Waals surface area contributed by atoms with E-state index in [0.29, 0.717) is 6.04 Å². The second kappa shape index (κ2) is 4.87. The van der Waals surface area contributed by atoms with Gasteiger partial charge < -0.3 is 15.7 Å². The average molecular weight is 238 g/mol. The summed E-state index contributed by atoms with van der Waals surface area (Å²) in [5.74, 6) is -1.21. The Kier molecular flexibility index (Phi) is 3.47. The number of amides is 1. The van der Waals surface area contributed by atoms with Crippen molar-refractivity contribution >= 4 is 11.9 Å². The lowest BCUT2D eigenvalue weighted by Gasteiger charge is -2.21. The molecule has 2 rings (SSSR count). The van der Waals surface area contributed by atoms with Crippen LogP contribution in [0.4, 0.5) is 0 Å². The van der Waals surface area contributed by atoms with E-state index in [0.717, 1.165) is 19.3 Å². The Morgan fingerprint density at radius 3 is 2.76 bits per heavy atom. The maximum atomic E-state index is 12.0. The zero-order valence-corrected chi connectivity index (χ0v) is 9.69. The number of rotatable bonds is 5. The maximum absolute atomic E-state index is 12.0. The molecule has 4 atom stereocenters. The SMILES string of the molecule is C=CCC(NC(=O)C1CC2CCC1N2)C(=O)O. The molecule has 2 aliphatic rings. The zero-order chi connectivity index (χ0) is 12.4. The Balaban J connectivity index is 1.91. The van der Waals surface area contributed by atoms with Gasteiger partial charge in [0.15, 0.2) is 0 Å². The molecule has 2 bridgehead atoms. The molecule has 1 amide bonds. The Labute approximate surface area is 100 Å². The first-order chi connectivity index (χ1) is 8.11. The van der Waals surface area contributed by atoms with Gasteiger partial charge >= 0.3 is 5.97 Å². The zero-order valence-electron chi connectivity index (χ0n) is 9.69. The monoisotopic (exact) mass is 238 g/mol. The summed E-state index contributed by atoms with van der Waals surface area (Å²) in [6.07, 6.45) is 4.75. The molecule has 2 aliphatic heterocycles. The summed E-state index contributed by atoms with van der Waals surface area (Å²) in [5, 5.41) is 14.9. The van der Waals surface area contributed by atoms with Crippen molar-refractivity contribution in [2.75, 3.05) is 0 Å². The van der Waals surface area contributed by atoms with Crippen LogP contribution in [0.15, 0.2) is 12.7 Å². The van der Waals surface area contributed by atoms with Crippen molar-refractivity contribution in [1.29, 1.82) is 0 Å². The Bertz CT molecular complexity index is 343. The van der Waals surface area contributed by atoms with Gasteiger partial charge in [-0.1, -0.05) is 6.08 Å². The first kappa shape index (κ1) is 12.1. The van der Waals surface area contributed by atoms with Crippen LogP contribution in [0.1, 0.15) is 25.7 Å². The fourth-order valence-corrected chi connectivity index (χ4v) is 2.78. The standard InChI is InChI=1S/C12H18N2O3/c1-2-3-10(12(16)17)14-11(15)8-6-7-4-5-9(8)13-7/h2,7-10,13H,1,3-6H2,(H,14,15)(H,16,17). The molecule has 0 spiro atoms. The van der Waals surface area contributed by atoms with E-state index < -0.39 is 12.0 Å². The molecule has 0 radical (unpaired) electrons. The fourth-order valence-electron chi connectivity index (χ4n) is 2.78. The predicted octanol–water partition coefficient (Wildman–Crippen LogP) is 0.272. The van der Waals surface area contributed by atoms with Gasteiger partial charge in [0.25, 0.3) is 0 Å². The highest BCUT2D eigenvalue weighted by molar-refractivity contribution is 5.85. The van der Waals surface area contributed by atoms with E-state index in [1.54, 1.807) is 0 Å². The number of aliphatic carboxylic acids is 1. The molecule has 5 nitrogen and oxygen atoms in total. The highest BCUT2D eigenvalue weighted by atomic mass is 16.4. The van der Waals surface area contributed by atoms with Crippen LogP contribution in [0.5, 0.6) is 0 Å². The van der Waals surface area contributed by atoms with Crippen LogP contribution < -0.4 is 10.6 Å². The van der Waals surface area contributed by atoms with E-state index in [9.17, 15) is 9.59 Å². The minimum atomic E-state index is -1.01. The second-order valence-electron chi connectivity index (χ2n) is 4.81. The van der Waals surface area contributed by atoms with Crippen molar-refractivity contribution in [3.05, 3.63) is 12.7 Å². The molecule has 0 saturated carbocycles. The van der Waals surface area contributed by atoms with Gasteiger partial charge in [-0.05, 0) is 25.7 Å². The van der Waals surface area contributed by atoms with Crippen LogP contribution in [0.3, 0.4) is 0 Å². The lowest BCUT2D eigenvalue weighted by atomic mass is 9.88. The van der Waals surface area contributed by atoms with Gasteiger partial charge in [0.2, 0.25) is 5.91 Å². The number of carbonyl (C=O) groups excluding carboxylic acids is 1. The molecule has 2 fully saturated rings. The average Bonchev–Trinajstić information content (AvgIpc) is 2.89. The highest BCUT2D eigenvalue weighted by Crippen LogP contribution is 2.33. The number of nitrogens with one attached hydrogen (secondary N) is 2. The Hall–Kier alpha value is -1.36. The van der Waals surface area contributed by atoms with Crippen molar-refractivity contribution in [1.82, 2.24) is 10.6 Å². The quantitative estimate of drug-likeness (QED) is 0.601. The Morgan fingerprint density at radius 2 is 2.29 bits per heavy atom. The number of carbonyl (C=O) groups is 2. The van der Waals surface area contributed by atoms with Crippen LogP contribution in [-0.4, -0.2) is 35.1 Å². The van der Waals surface area contributed by atoms with Crippen LogP contribution in [0.2, 0.25) is 0 Å². The summed E-state index contributed by atoms with van der Waals surface area (Å²) in [7, 11) is 0. The third-order valence-corrected chi connectivity index (χ3v) is 3.65. The Morgan fingerprint density at radius 1 is 1.53 bits per heavy atom. The van der Waals surface area contributed by atoms with Crippen molar-refractivity contribution in [2.24, 2.45) is 5.92 Å². The van der Waals surface area contributed by atoms with E-state index in [1.165, 1.54) is 6.08 Å². The van der Waals surface area contributed by atoms with Crippen LogP contribution >= 0.6 is 0 Å². The van der Waals surface area contributed by atoms with E-state index in [4.69, 9.17) is 5.11 Å². The van der Waals surface area contributed by atoms with Gasteiger partial charge in [0.05, 0.1) is 5.92 Å². The van der Waals surface area contributed by atoms with E-state index >= 15 is 0 Å². The lowest BCUT2D eigenvalue weighted by Crippen LogP contribution is -2.46. The molecule has 3 N–H and O–H groups in total. The molecule has 0 aromatic rings. The minimum Gasteiger partial charge on any atom is -0.480 e. The summed E-state index contributed by atoms with van der Waals surface area (Å²) in [5.41, 5.74) is 0. The van der Waals surface area contributed by atoms with Gasteiger partial charge in [-0.3, -0.25) is 4.79 Å².